The molecule has 0 atom stereocenters. The summed E-state index contributed by atoms with van der Waals surface area (Å²) in [7, 11) is 0. The van der Waals surface area contributed by atoms with Crippen molar-refractivity contribution < 1.29 is 4.79 Å². The molecule has 31 heavy (non-hydrogen) atoms. The fourth-order valence-corrected chi connectivity index (χ4v) is 3.82. The molecule has 1 amide bonds. The fraction of sp³-hybridized carbons (Fsp3) is 0.333. The number of amides is 1. The van der Waals surface area contributed by atoms with Crippen LogP contribution >= 0.6 is 0 Å². The summed E-state index contributed by atoms with van der Waals surface area (Å²) in [6.45, 7) is 8.78. The van der Waals surface area contributed by atoms with E-state index in [4.69, 9.17) is 4.98 Å². The van der Waals surface area contributed by atoms with Gasteiger partial charge in [-0.2, -0.15) is 0 Å². The average molecular weight is 417 g/mol. The quantitative estimate of drug-likeness (QED) is 0.614. The normalized spacial score (nSPS) is 13.9. The van der Waals surface area contributed by atoms with Gasteiger partial charge in [0.15, 0.2) is 5.82 Å². The van der Waals surface area contributed by atoms with Gasteiger partial charge in [0.2, 0.25) is 0 Å². The Labute approximate surface area is 183 Å². The Hall–Kier alpha value is -3.48. The van der Waals surface area contributed by atoms with E-state index in [-0.39, 0.29) is 5.91 Å². The Morgan fingerprint density at radius 1 is 0.935 bits per heavy atom. The number of anilines is 2. The summed E-state index contributed by atoms with van der Waals surface area (Å²) in [5, 5.41) is 0. The maximum Gasteiger partial charge on any atom is 0.255 e. The van der Waals surface area contributed by atoms with Crippen LogP contribution in [0.4, 0.5) is 11.6 Å². The lowest BCUT2D eigenvalue weighted by Gasteiger charge is -2.35. The van der Waals surface area contributed by atoms with Gasteiger partial charge in [-0.1, -0.05) is 30.3 Å². The van der Waals surface area contributed by atoms with Gasteiger partial charge in [-0.15, -0.1) is 0 Å². The third-order valence-corrected chi connectivity index (χ3v) is 5.65. The molecule has 0 saturated carbocycles. The molecule has 1 saturated heterocycles. The molecule has 1 aromatic carbocycles. The predicted octanol–water partition coefficient (Wildman–Crippen LogP) is 3.35. The lowest BCUT2D eigenvalue weighted by Crippen LogP contribution is -2.49. The summed E-state index contributed by atoms with van der Waals surface area (Å²) in [5.41, 5.74) is 1.64. The topological polar surface area (TPSA) is 65.5 Å². The van der Waals surface area contributed by atoms with Crippen molar-refractivity contribution >= 4 is 17.5 Å². The molecular weight excluding hydrogens is 388 g/mol. The van der Waals surface area contributed by atoms with Crippen LogP contribution in [0.25, 0.3) is 11.4 Å². The molecule has 3 aromatic rings. The van der Waals surface area contributed by atoms with Crippen LogP contribution in [0.15, 0.2) is 60.9 Å². The maximum absolute atomic E-state index is 12.9. The molecule has 1 aliphatic rings. The van der Waals surface area contributed by atoms with Crippen LogP contribution in [0.1, 0.15) is 24.2 Å². The third-order valence-electron chi connectivity index (χ3n) is 5.65. The summed E-state index contributed by atoms with van der Waals surface area (Å²) in [6.07, 6.45) is 3.49. The number of benzene rings is 1. The van der Waals surface area contributed by atoms with Crippen molar-refractivity contribution in [3.8, 4) is 11.4 Å². The second-order valence-electron chi connectivity index (χ2n) is 7.46. The number of rotatable bonds is 6. The number of aromatic nitrogens is 3. The minimum atomic E-state index is 0.0332. The standard InChI is InChI=1S/C24H28N6O/c1-3-28(4-2)21-11-10-20(18-26-21)24(31)30-16-14-29(15-17-30)22-12-13-25-23(27-22)19-8-6-5-7-9-19/h5-13,18H,3-4,14-17H2,1-2H3. The molecule has 1 aliphatic heterocycles. The number of pyridine rings is 1. The molecule has 3 heterocycles. The smallest absolute Gasteiger partial charge is 0.255 e. The Bertz CT molecular complexity index is 996. The van der Waals surface area contributed by atoms with Gasteiger partial charge in [-0.3, -0.25) is 4.79 Å². The first-order valence-electron chi connectivity index (χ1n) is 10.8. The highest BCUT2D eigenvalue weighted by molar-refractivity contribution is 5.94. The van der Waals surface area contributed by atoms with Crippen LogP contribution < -0.4 is 9.80 Å². The van der Waals surface area contributed by atoms with Gasteiger partial charge in [0.25, 0.3) is 5.91 Å². The zero-order valence-corrected chi connectivity index (χ0v) is 18.1. The van der Waals surface area contributed by atoms with Crippen LogP contribution in [0.5, 0.6) is 0 Å². The first kappa shape index (κ1) is 20.8. The lowest BCUT2D eigenvalue weighted by molar-refractivity contribution is 0.0746. The van der Waals surface area contributed by atoms with Crippen molar-refractivity contribution in [2.75, 3.05) is 49.1 Å². The van der Waals surface area contributed by atoms with Crippen molar-refractivity contribution in [1.29, 1.82) is 0 Å². The van der Waals surface area contributed by atoms with E-state index < -0.39 is 0 Å². The van der Waals surface area contributed by atoms with E-state index in [1.807, 2.05) is 53.4 Å². The first-order chi connectivity index (χ1) is 15.2. The van der Waals surface area contributed by atoms with Crippen LogP contribution in [0.3, 0.4) is 0 Å². The van der Waals surface area contributed by atoms with Crippen LogP contribution in [0.2, 0.25) is 0 Å². The number of hydrogen-bond acceptors (Lipinski definition) is 6. The average Bonchev–Trinajstić information content (AvgIpc) is 2.85. The number of nitrogens with zero attached hydrogens (tertiary/aromatic N) is 6. The molecule has 0 radical (unpaired) electrons. The summed E-state index contributed by atoms with van der Waals surface area (Å²) in [6, 6.07) is 15.7. The molecule has 160 valence electrons. The summed E-state index contributed by atoms with van der Waals surface area (Å²) in [5.74, 6) is 2.55. The van der Waals surface area contributed by atoms with E-state index in [9.17, 15) is 4.79 Å². The van der Waals surface area contributed by atoms with Gasteiger partial charge >= 0.3 is 0 Å². The molecule has 0 spiro atoms. The minimum Gasteiger partial charge on any atom is -0.357 e. The van der Waals surface area contributed by atoms with Crippen molar-refractivity contribution in [1.82, 2.24) is 19.9 Å². The van der Waals surface area contributed by atoms with Crippen LogP contribution in [-0.2, 0) is 0 Å². The summed E-state index contributed by atoms with van der Waals surface area (Å²) >= 11 is 0. The van der Waals surface area contributed by atoms with Crippen molar-refractivity contribution in [3.63, 3.8) is 0 Å². The van der Waals surface area contributed by atoms with Gasteiger partial charge in [-0.25, -0.2) is 15.0 Å². The van der Waals surface area contributed by atoms with Crippen molar-refractivity contribution in [3.05, 3.63) is 66.5 Å². The molecule has 0 N–H and O–H groups in total. The maximum atomic E-state index is 12.9. The Balaban J connectivity index is 1.39. The molecule has 0 bridgehead atoms. The number of piperazine rings is 1. The molecule has 0 unspecified atom stereocenters. The van der Waals surface area contributed by atoms with Crippen molar-refractivity contribution in [2.45, 2.75) is 13.8 Å². The molecule has 0 aliphatic carbocycles. The molecule has 4 rings (SSSR count). The highest BCUT2D eigenvalue weighted by Crippen LogP contribution is 2.20. The monoisotopic (exact) mass is 416 g/mol. The van der Waals surface area contributed by atoms with Gasteiger partial charge in [-0.05, 0) is 32.0 Å². The number of hydrogen-bond donors (Lipinski definition) is 0. The van der Waals surface area contributed by atoms with Gasteiger partial charge in [0.05, 0.1) is 5.56 Å². The van der Waals surface area contributed by atoms with Crippen LogP contribution in [-0.4, -0.2) is 65.0 Å². The lowest BCUT2D eigenvalue weighted by atomic mass is 10.2. The van der Waals surface area contributed by atoms with E-state index >= 15 is 0 Å². The zero-order valence-electron chi connectivity index (χ0n) is 18.1. The second kappa shape index (κ2) is 9.55. The minimum absolute atomic E-state index is 0.0332. The van der Waals surface area contributed by atoms with Gasteiger partial charge in [0, 0.05) is 57.2 Å². The Kier molecular flexibility index (Phi) is 6.40. The molecule has 7 nitrogen and oxygen atoms in total. The van der Waals surface area contributed by atoms with Gasteiger partial charge < -0.3 is 14.7 Å². The van der Waals surface area contributed by atoms with E-state index in [1.165, 1.54) is 0 Å². The SMILES string of the molecule is CCN(CC)c1ccc(C(=O)N2CCN(c3ccnc(-c4ccccc4)n3)CC2)cn1. The zero-order chi connectivity index (χ0) is 21.6. The molecular formula is C24H28N6O. The second-order valence-corrected chi connectivity index (χ2v) is 7.46. The molecule has 1 fully saturated rings. The largest absolute Gasteiger partial charge is 0.357 e. The van der Waals surface area contributed by atoms with E-state index in [0.29, 0.717) is 18.7 Å². The summed E-state index contributed by atoms with van der Waals surface area (Å²) < 4.78 is 0. The van der Waals surface area contributed by atoms with E-state index in [0.717, 1.165) is 49.2 Å². The fourth-order valence-electron chi connectivity index (χ4n) is 3.82. The first-order valence-corrected chi connectivity index (χ1v) is 10.8. The summed E-state index contributed by atoms with van der Waals surface area (Å²) in [4.78, 5) is 32.8. The molecule has 7 heteroatoms. The third kappa shape index (κ3) is 4.66. The Morgan fingerprint density at radius 3 is 2.32 bits per heavy atom. The van der Waals surface area contributed by atoms with Crippen LogP contribution in [0, 0.1) is 0 Å². The molecule has 2 aromatic heterocycles. The van der Waals surface area contributed by atoms with Gasteiger partial charge in [0.1, 0.15) is 11.6 Å². The number of carbonyl (C=O) groups excluding carboxylic acids is 1. The van der Waals surface area contributed by atoms with E-state index in [2.05, 4.69) is 33.6 Å². The predicted molar refractivity (Wildman–Crippen MR) is 123 cm³/mol. The van der Waals surface area contributed by atoms with Crippen molar-refractivity contribution in [2.24, 2.45) is 0 Å². The Morgan fingerprint density at radius 2 is 1.68 bits per heavy atom. The number of carbonyl (C=O) groups is 1. The highest BCUT2D eigenvalue weighted by Gasteiger charge is 2.23. The highest BCUT2D eigenvalue weighted by atomic mass is 16.2. The van der Waals surface area contributed by atoms with E-state index in [1.54, 1.807) is 12.4 Å².